The van der Waals surface area contributed by atoms with Gasteiger partial charge >= 0.3 is 5.97 Å². The molecule has 2 heteroatoms. The van der Waals surface area contributed by atoms with E-state index in [4.69, 9.17) is 5.11 Å². The maximum absolute atomic E-state index is 10.1. The molecule has 0 rings (SSSR count). The summed E-state index contributed by atoms with van der Waals surface area (Å²) >= 11 is 0. The zero-order valence-electron chi connectivity index (χ0n) is 5.51. The first-order chi connectivity index (χ1) is 3.55. The van der Waals surface area contributed by atoms with E-state index in [1.807, 2.05) is 13.8 Å². The Morgan fingerprint density at radius 3 is 1.75 bits per heavy atom. The summed E-state index contributed by atoms with van der Waals surface area (Å²) in [5.41, 5.74) is 0. The molecule has 0 aliphatic carbocycles. The second-order valence-corrected chi connectivity index (χ2v) is 2.37. The zero-order chi connectivity index (χ0) is 6.73. The van der Waals surface area contributed by atoms with Crippen molar-refractivity contribution in [2.75, 3.05) is 0 Å². The number of hydrogen-bond donors (Lipinski definition) is 1. The van der Waals surface area contributed by atoms with E-state index in [9.17, 15) is 4.79 Å². The van der Waals surface area contributed by atoms with E-state index in [0.29, 0.717) is 0 Å². The number of carboxylic acids is 1. The van der Waals surface area contributed by atoms with Crippen molar-refractivity contribution < 1.29 is 9.90 Å². The molecule has 0 saturated carbocycles. The van der Waals surface area contributed by atoms with E-state index in [0.717, 1.165) is 0 Å². The molecule has 0 radical (unpaired) electrons. The van der Waals surface area contributed by atoms with E-state index in [2.05, 4.69) is 0 Å². The number of aliphatic carboxylic acids is 1. The largest absolute Gasteiger partial charge is 0.481 e. The summed E-state index contributed by atoms with van der Waals surface area (Å²) < 4.78 is 0. The van der Waals surface area contributed by atoms with Crippen LogP contribution in [0.2, 0.25) is 0 Å². The molecule has 0 saturated heterocycles. The molecule has 2 nitrogen and oxygen atoms in total. The fourth-order valence-electron chi connectivity index (χ4n) is 0.285. The van der Waals surface area contributed by atoms with Crippen LogP contribution in [-0.2, 0) is 4.79 Å². The van der Waals surface area contributed by atoms with Crippen LogP contribution in [0.1, 0.15) is 20.8 Å². The molecule has 0 fully saturated rings. The monoisotopic (exact) mass is 116 g/mol. The molecule has 1 N–H and O–H groups in total. The minimum Gasteiger partial charge on any atom is -0.481 e. The van der Waals surface area contributed by atoms with Crippen LogP contribution in [-0.4, -0.2) is 11.1 Å². The molecule has 0 unspecified atom stereocenters. The SMILES string of the molecule is CC(C)[C@@H](C)C(=O)O. The van der Waals surface area contributed by atoms with Crippen LogP contribution in [0.5, 0.6) is 0 Å². The molecular weight excluding hydrogens is 104 g/mol. The summed E-state index contributed by atoms with van der Waals surface area (Å²) in [6.07, 6.45) is 0. The van der Waals surface area contributed by atoms with Gasteiger partial charge in [0.05, 0.1) is 5.92 Å². The summed E-state index contributed by atoms with van der Waals surface area (Å²) in [5.74, 6) is -0.678. The van der Waals surface area contributed by atoms with Gasteiger partial charge in [-0.3, -0.25) is 4.79 Å². The lowest BCUT2D eigenvalue weighted by Gasteiger charge is -2.07. The third kappa shape index (κ3) is 1.96. The van der Waals surface area contributed by atoms with Crippen LogP contribution in [0, 0.1) is 11.8 Å². The summed E-state index contributed by atoms with van der Waals surface area (Å²) in [6, 6.07) is 0. The van der Waals surface area contributed by atoms with Gasteiger partial charge in [0.2, 0.25) is 0 Å². The topological polar surface area (TPSA) is 37.3 Å². The summed E-state index contributed by atoms with van der Waals surface area (Å²) in [5, 5.41) is 8.35. The fraction of sp³-hybridized carbons (Fsp3) is 0.833. The van der Waals surface area contributed by atoms with Crippen molar-refractivity contribution in [1.29, 1.82) is 0 Å². The van der Waals surface area contributed by atoms with Gasteiger partial charge in [0.15, 0.2) is 0 Å². The van der Waals surface area contributed by atoms with Gasteiger partial charge in [-0.25, -0.2) is 0 Å². The average Bonchev–Trinajstić information content (AvgIpc) is 1.64. The molecule has 0 aromatic carbocycles. The predicted molar refractivity (Wildman–Crippen MR) is 31.6 cm³/mol. The lowest BCUT2D eigenvalue weighted by molar-refractivity contribution is -0.142. The van der Waals surface area contributed by atoms with Gasteiger partial charge in [0, 0.05) is 0 Å². The Labute approximate surface area is 49.5 Å². The van der Waals surface area contributed by atoms with Crippen LogP contribution in [0.3, 0.4) is 0 Å². The molecule has 1 atom stereocenters. The molecule has 0 bridgehead atoms. The first-order valence-electron chi connectivity index (χ1n) is 2.78. The minimum absolute atomic E-state index is 0.213. The third-order valence-corrected chi connectivity index (χ3v) is 1.39. The van der Waals surface area contributed by atoms with Crippen LogP contribution >= 0.6 is 0 Å². The van der Waals surface area contributed by atoms with Gasteiger partial charge < -0.3 is 5.11 Å². The summed E-state index contributed by atoms with van der Waals surface area (Å²) in [4.78, 5) is 10.1. The van der Waals surface area contributed by atoms with Gasteiger partial charge in [-0.2, -0.15) is 0 Å². The number of rotatable bonds is 2. The Bertz CT molecular complexity index is 86.5. The van der Waals surface area contributed by atoms with E-state index in [-0.39, 0.29) is 11.8 Å². The molecule has 8 heavy (non-hydrogen) atoms. The molecule has 0 aromatic rings. The summed E-state index contributed by atoms with van der Waals surface area (Å²) in [7, 11) is 0. The van der Waals surface area contributed by atoms with Crippen LogP contribution in [0.25, 0.3) is 0 Å². The van der Waals surface area contributed by atoms with E-state index in [1.54, 1.807) is 6.92 Å². The maximum Gasteiger partial charge on any atom is 0.306 e. The van der Waals surface area contributed by atoms with Crippen LogP contribution in [0.15, 0.2) is 0 Å². The van der Waals surface area contributed by atoms with Crippen molar-refractivity contribution in [3.05, 3.63) is 0 Å². The summed E-state index contributed by atoms with van der Waals surface area (Å²) in [6.45, 7) is 5.52. The van der Waals surface area contributed by atoms with Crippen LogP contribution < -0.4 is 0 Å². The van der Waals surface area contributed by atoms with E-state index in [1.165, 1.54) is 0 Å². The number of carboxylic acid groups (broad SMARTS) is 1. The lowest BCUT2D eigenvalue weighted by atomic mass is 9.99. The number of hydrogen-bond acceptors (Lipinski definition) is 1. The quantitative estimate of drug-likeness (QED) is 0.591. The lowest BCUT2D eigenvalue weighted by Crippen LogP contribution is -2.15. The van der Waals surface area contributed by atoms with Crippen molar-refractivity contribution in [2.24, 2.45) is 11.8 Å². The smallest absolute Gasteiger partial charge is 0.306 e. The van der Waals surface area contributed by atoms with E-state index >= 15 is 0 Å². The molecule has 48 valence electrons. The van der Waals surface area contributed by atoms with Crippen molar-refractivity contribution in [3.63, 3.8) is 0 Å². The molecule has 0 heterocycles. The number of carbonyl (C=O) groups is 1. The molecule has 0 aliphatic rings. The normalized spacial score (nSPS) is 14.0. The molecule has 0 spiro atoms. The zero-order valence-corrected chi connectivity index (χ0v) is 5.51. The van der Waals surface area contributed by atoms with Crippen LogP contribution in [0.4, 0.5) is 0 Å². The first kappa shape index (κ1) is 7.47. The highest BCUT2D eigenvalue weighted by Gasteiger charge is 2.13. The molecular formula is C6H12O2. The predicted octanol–water partition coefficient (Wildman–Crippen LogP) is 1.36. The highest BCUT2D eigenvalue weighted by molar-refractivity contribution is 5.69. The van der Waals surface area contributed by atoms with Gasteiger partial charge in [0.1, 0.15) is 0 Å². The maximum atomic E-state index is 10.1. The Kier molecular flexibility index (Phi) is 2.52. The Hall–Kier alpha value is -0.530. The van der Waals surface area contributed by atoms with Crippen molar-refractivity contribution in [1.82, 2.24) is 0 Å². The third-order valence-electron chi connectivity index (χ3n) is 1.39. The average molecular weight is 116 g/mol. The molecule has 0 aliphatic heterocycles. The highest BCUT2D eigenvalue weighted by Crippen LogP contribution is 2.08. The molecule has 0 aromatic heterocycles. The first-order valence-corrected chi connectivity index (χ1v) is 2.78. The standard InChI is InChI=1S/C6H12O2/c1-4(2)5(3)6(7)8/h4-5H,1-3H3,(H,7,8)/t5-/m1/s1. The molecule has 0 amide bonds. The Morgan fingerprint density at radius 2 is 1.75 bits per heavy atom. The van der Waals surface area contributed by atoms with Gasteiger partial charge in [-0.1, -0.05) is 20.8 Å². The van der Waals surface area contributed by atoms with Gasteiger partial charge in [-0.05, 0) is 5.92 Å². The van der Waals surface area contributed by atoms with Gasteiger partial charge in [0.25, 0.3) is 0 Å². The fourth-order valence-corrected chi connectivity index (χ4v) is 0.285. The second-order valence-electron chi connectivity index (χ2n) is 2.37. The van der Waals surface area contributed by atoms with Gasteiger partial charge in [-0.15, -0.1) is 0 Å². The minimum atomic E-state index is -0.708. The highest BCUT2D eigenvalue weighted by atomic mass is 16.4. The second kappa shape index (κ2) is 2.70. The Balaban J connectivity index is 3.64. The Morgan fingerprint density at radius 1 is 1.38 bits per heavy atom. The van der Waals surface area contributed by atoms with Crippen molar-refractivity contribution in [2.45, 2.75) is 20.8 Å². The van der Waals surface area contributed by atoms with E-state index < -0.39 is 5.97 Å². The van der Waals surface area contributed by atoms with Crippen molar-refractivity contribution in [3.8, 4) is 0 Å². The van der Waals surface area contributed by atoms with Crippen molar-refractivity contribution >= 4 is 5.97 Å².